The van der Waals surface area contributed by atoms with Crippen molar-refractivity contribution in [3.63, 3.8) is 0 Å². The molecule has 0 unspecified atom stereocenters. The maximum Gasteiger partial charge on any atom is 0.139 e. The Balaban J connectivity index is 2.16. The molecule has 1 fully saturated rings. The molecule has 1 saturated carbocycles. The van der Waals surface area contributed by atoms with Gasteiger partial charge in [-0.3, -0.25) is 4.98 Å². The van der Waals surface area contributed by atoms with E-state index in [2.05, 4.69) is 17.3 Å². The van der Waals surface area contributed by atoms with Gasteiger partial charge in [0.05, 0.1) is 18.0 Å². The zero-order chi connectivity index (χ0) is 9.26. The van der Waals surface area contributed by atoms with Crippen molar-refractivity contribution in [1.82, 2.24) is 4.98 Å². The minimum atomic E-state index is 0.458. The van der Waals surface area contributed by atoms with Gasteiger partial charge in [-0.2, -0.15) is 0 Å². The second-order valence-electron chi connectivity index (χ2n) is 3.28. The van der Waals surface area contributed by atoms with E-state index in [-0.39, 0.29) is 0 Å². The molecule has 1 heterocycles. The fourth-order valence-electron chi connectivity index (χ4n) is 1.14. The molecule has 0 spiro atoms. The quantitative estimate of drug-likeness (QED) is 0.692. The third-order valence-corrected chi connectivity index (χ3v) is 2.92. The van der Waals surface area contributed by atoms with Crippen LogP contribution < -0.4 is 4.74 Å². The highest BCUT2D eigenvalue weighted by Gasteiger charge is 2.23. The topological polar surface area (TPSA) is 22.1 Å². The largest absolute Gasteiger partial charge is 0.489 e. The van der Waals surface area contributed by atoms with Crippen LogP contribution in [-0.2, 0) is 0 Å². The van der Waals surface area contributed by atoms with Crippen molar-refractivity contribution < 1.29 is 4.74 Å². The molecule has 0 N–H and O–H groups in total. The fraction of sp³-hybridized carbons (Fsp3) is 0.500. The van der Waals surface area contributed by atoms with Gasteiger partial charge in [0.25, 0.3) is 0 Å². The van der Waals surface area contributed by atoms with Crippen LogP contribution in [0.5, 0.6) is 5.75 Å². The number of pyridine rings is 1. The van der Waals surface area contributed by atoms with Crippen LogP contribution in [0.25, 0.3) is 0 Å². The van der Waals surface area contributed by atoms with E-state index in [0.29, 0.717) is 6.10 Å². The van der Waals surface area contributed by atoms with Crippen molar-refractivity contribution >= 4 is 11.8 Å². The van der Waals surface area contributed by atoms with Crippen LogP contribution in [0.15, 0.2) is 17.2 Å². The van der Waals surface area contributed by atoms with Gasteiger partial charge in [0, 0.05) is 4.90 Å². The molecule has 0 bridgehead atoms. The Morgan fingerprint density at radius 2 is 2.31 bits per heavy atom. The number of hydrogen-bond donors (Lipinski definition) is 0. The molecule has 0 saturated heterocycles. The monoisotopic (exact) mass is 195 g/mol. The molecule has 0 atom stereocenters. The summed E-state index contributed by atoms with van der Waals surface area (Å²) in [6, 6.07) is 2.07. The van der Waals surface area contributed by atoms with Gasteiger partial charge in [-0.1, -0.05) is 0 Å². The van der Waals surface area contributed by atoms with Gasteiger partial charge in [0.15, 0.2) is 0 Å². The molecule has 1 aromatic rings. The van der Waals surface area contributed by atoms with E-state index in [1.165, 1.54) is 17.7 Å². The molecule has 0 radical (unpaired) electrons. The lowest BCUT2D eigenvalue weighted by molar-refractivity contribution is 0.301. The Labute approximate surface area is 82.7 Å². The number of nitrogens with zero attached hydrogens (tertiary/aromatic N) is 1. The van der Waals surface area contributed by atoms with Crippen molar-refractivity contribution in [2.45, 2.75) is 30.8 Å². The summed E-state index contributed by atoms with van der Waals surface area (Å²) in [6.45, 7) is 2.02. The van der Waals surface area contributed by atoms with Gasteiger partial charge in [-0.05, 0) is 32.1 Å². The van der Waals surface area contributed by atoms with E-state index in [0.717, 1.165) is 11.4 Å². The number of aryl methyl sites for hydroxylation is 1. The van der Waals surface area contributed by atoms with E-state index >= 15 is 0 Å². The summed E-state index contributed by atoms with van der Waals surface area (Å²) in [5, 5.41) is 0. The van der Waals surface area contributed by atoms with Gasteiger partial charge in [-0.25, -0.2) is 0 Å². The highest BCUT2D eigenvalue weighted by Crippen LogP contribution is 2.29. The van der Waals surface area contributed by atoms with Gasteiger partial charge >= 0.3 is 0 Å². The molecule has 1 aromatic heterocycles. The van der Waals surface area contributed by atoms with Crippen LogP contribution in [0.4, 0.5) is 0 Å². The maximum atomic E-state index is 5.65. The zero-order valence-electron chi connectivity index (χ0n) is 7.91. The fourth-order valence-corrected chi connectivity index (χ4v) is 1.73. The smallest absolute Gasteiger partial charge is 0.139 e. The average molecular weight is 195 g/mol. The zero-order valence-corrected chi connectivity index (χ0v) is 8.73. The first-order valence-electron chi connectivity index (χ1n) is 4.47. The Bertz CT molecular complexity index is 310. The number of aromatic nitrogens is 1. The van der Waals surface area contributed by atoms with Gasteiger partial charge in [-0.15, -0.1) is 11.8 Å². The Kier molecular flexibility index (Phi) is 2.44. The summed E-state index contributed by atoms with van der Waals surface area (Å²) in [5.41, 5.74) is 1.08. The van der Waals surface area contributed by atoms with Crippen LogP contribution in [0, 0.1) is 6.92 Å². The lowest BCUT2D eigenvalue weighted by Gasteiger charge is -2.06. The summed E-state index contributed by atoms with van der Waals surface area (Å²) >= 11 is 1.71. The molecule has 0 aromatic carbocycles. The first kappa shape index (κ1) is 8.88. The predicted molar refractivity (Wildman–Crippen MR) is 54.4 cm³/mol. The first-order valence-corrected chi connectivity index (χ1v) is 5.69. The molecular formula is C10H13NOS. The summed E-state index contributed by atoms with van der Waals surface area (Å²) in [6.07, 6.45) is 6.72. The molecule has 0 amide bonds. The first-order chi connectivity index (χ1) is 6.29. The van der Waals surface area contributed by atoms with Crippen molar-refractivity contribution in [3.05, 3.63) is 18.0 Å². The number of rotatable bonds is 3. The van der Waals surface area contributed by atoms with E-state index in [1.54, 1.807) is 11.8 Å². The molecule has 1 aliphatic carbocycles. The lowest BCUT2D eigenvalue weighted by Crippen LogP contribution is -1.97. The average Bonchev–Trinajstić information content (AvgIpc) is 2.92. The third kappa shape index (κ3) is 2.15. The molecule has 1 aliphatic rings. The SMILES string of the molecule is CSc1cc(OC2CC2)cnc1C. The number of hydrogen-bond acceptors (Lipinski definition) is 3. The van der Waals surface area contributed by atoms with Crippen molar-refractivity contribution in [2.24, 2.45) is 0 Å². The molecule has 3 heteroatoms. The lowest BCUT2D eigenvalue weighted by atomic mass is 10.4. The summed E-state index contributed by atoms with van der Waals surface area (Å²) in [7, 11) is 0. The van der Waals surface area contributed by atoms with Gasteiger partial charge in [0.2, 0.25) is 0 Å². The van der Waals surface area contributed by atoms with E-state index < -0.39 is 0 Å². The molecule has 70 valence electrons. The molecule has 2 nitrogen and oxygen atoms in total. The third-order valence-electron chi connectivity index (χ3n) is 2.06. The highest BCUT2D eigenvalue weighted by molar-refractivity contribution is 7.98. The van der Waals surface area contributed by atoms with E-state index in [1.807, 2.05) is 13.1 Å². The number of ether oxygens (including phenoxy) is 1. The molecule has 0 aliphatic heterocycles. The summed E-state index contributed by atoms with van der Waals surface area (Å²) in [4.78, 5) is 5.49. The highest BCUT2D eigenvalue weighted by atomic mass is 32.2. The van der Waals surface area contributed by atoms with Crippen molar-refractivity contribution in [1.29, 1.82) is 0 Å². The van der Waals surface area contributed by atoms with Crippen molar-refractivity contribution in [3.8, 4) is 5.75 Å². The van der Waals surface area contributed by atoms with E-state index in [4.69, 9.17) is 4.74 Å². The van der Waals surface area contributed by atoms with Crippen LogP contribution in [-0.4, -0.2) is 17.3 Å². The Morgan fingerprint density at radius 3 is 2.92 bits per heavy atom. The number of thioether (sulfide) groups is 1. The maximum absolute atomic E-state index is 5.65. The standard InChI is InChI=1S/C10H13NOS/c1-7-10(13-2)5-9(6-11-7)12-8-3-4-8/h5-6,8H,3-4H2,1-2H3. The van der Waals surface area contributed by atoms with Crippen LogP contribution in [0.2, 0.25) is 0 Å². The normalized spacial score (nSPS) is 15.8. The predicted octanol–water partition coefficient (Wildman–Crippen LogP) is 2.65. The van der Waals surface area contributed by atoms with Crippen LogP contribution in [0.3, 0.4) is 0 Å². The second kappa shape index (κ2) is 3.58. The van der Waals surface area contributed by atoms with Gasteiger partial charge < -0.3 is 4.74 Å². The molecular weight excluding hydrogens is 182 g/mol. The Hall–Kier alpha value is -0.700. The van der Waals surface area contributed by atoms with Gasteiger partial charge in [0.1, 0.15) is 5.75 Å². The van der Waals surface area contributed by atoms with Crippen LogP contribution >= 0.6 is 11.8 Å². The summed E-state index contributed by atoms with van der Waals surface area (Å²) < 4.78 is 5.65. The molecule has 13 heavy (non-hydrogen) atoms. The minimum Gasteiger partial charge on any atom is -0.489 e. The Morgan fingerprint density at radius 1 is 1.54 bits per heavy atom. The van der Waals surface area contributed by atoms with Crippen molar-refractivity contribution in [2.75, 3.05) is 6.26 Å². The van der Waals surface area contributed by atoms with E-state index in [9.17, 15) is 0 Å². The minimum absolute atomic E-state index is 0.458. The second-order valence-corrected chi connectivity index (χ2v) is 4.12. The molecule has 2 rings (SSSR count). The summed E-state index contributed by atoms with van der Waals surface area (Å²) in [5.74, 6) is 0.914. The van der Waals surface area contributed by atoms with Crippen LogP contribution in [0.1, 0.15) is 18.5 Å².